The first-order valence-corrected chi connectivity index (χ1v) is 4.67. The highest BCUT2D eigenvalue weighted by Gasteiger charge is 2.12. The molecular weight excluding hydrogens is 214 g/mol. The number of hydrogen-bond acceptors (Lipinski definition) is 5. The fraction of sp³-hybridized carbons (Fsp3) is 0. The van der Waals surface area contributed by atoms with Gasteiger partial charge < -0.3 is 5.73 Å². The van der Waals surface area contributed by atoms with Gasteiger partial charge in [0.05, 0.1) is 5.70 Å². The minimum absolute atomic E-state index is 0.325. The zero-order valence-corrected chi connectivity index (χ0v) is 8.57. The number of hydrazine groups is 2. The van der Waals surface area contributed by atoms with Crippen LogP contribution in [0.25, 0.3) is 5.70 Å². The number of nitrogens with zero attached hydrogens (tertiary/aromatic N) is 2. The Labute approximate surface area is 91.9 Å². The summed E-state index contributed by atoms with van der Waals surface area (Å²) in [4.78, 5) is 0. The lowest BCUT2D eigenvalue weighted by molar-refractivity contribution is 0.245. The van der Waals surface area contributed by atoms with Crippen molar-refractivity contribution in [2.24, 2.45) is 16.7 Å². The van der Waals surface area contributed by atoms with Crippen LogP contribution in [0.2, 0.25) is 5.02 Å². The number of benzene rings is 1. The van der Waals surface area contributed by atoms with Gasteiger partial charge in [-0.25, -0.2) is 5.84 Å². The van der Waals surface area contributed by atoms with E-state index in [2.05, 4.69) is 10.5 Å². The highest BCUT2D eigenvalue weighted by molar-refractivity contribution is 6.32. The fourth-order valence-corrected chi connectivity index (χ4v) is 1.54. The van der Waals surface area contributed by atoms with Crippen molar-refractivity contribution < 1.29 is 0 Å². The van der Waals surface area contributed by atoms with Gasteiger partial charge in [-0.2, -0.15) is 0 Å². The average Bonchev–Trinajstić information content (AvgIpc) is 2.16. The number of amidine groups is 1. The van der Waals surface area contributed by atoms with Crippen LogP contribution in [0.3, 0.4) is 0 Å². The normalized spacial score (nSPS) is 15.5. The van der Waals surface area contributed by atoms with Gasteiger partial charge in [0, 0.05) is 16.7 Å². The maximum Gasteiger partial charge on any atom is 0.149 e. The van der Waals surface area contributed by atoms with Crippen molar-refractivity contribution in [3.63, 3.8) is 0 Å². The minimum atomic E-state index is 0.325. The third-order valence-corrected chi connectivity index (χ3v) is 2.24. The molecule has 1 heterocycles. The average molecular weight is 224 g/mol. The van der Waals surface area contributed by atoms with E-state index >= 15 is 0 Å². The van der Waals surface area contributed by atoms with Crippen molar-refractivity contribution >= 4 is 23.1 Å². The Morgan fingerprint density at radius 1 is 1.33 bits per heavy atom. The molecule has 0 aromatic heterocycles. The Hall–Kier alpha value is -1.72. The molecule has 0 spiro atoms. The van der Waals surface area contributed by atoms with Crippen molar-refractivity contribution in [2.45, 2.75) is 0 Å². The van der Waals surface area contributed by atoms with Crippen molar-refractivity contribution in [2.75, 3.05) is 0 Å². The SMILES string of the molecule is NC1=NN(N)NC(c2ccccc2Cl)=C1. The number of rotatable bonds is 1. The summed E-state index contributed by atoms with van der Waals surface area (Å²) in [5, 5.41) is 5.44. The molecule has 15 heavy (non-hydrogen) atoms. The maximum atomic E-state index is 6.03. The van der Waals surface area contributed by atoms with E-state index in [0.29, 0.717) is 10.9 Å². The van der Waals surface area contributed by atoms with Gasteiger partial charge in [0.1, 0.15) is 5.84 Å². The van der Waals surface area contributed by atoms with Crippen LogP contribution in [0.4, 0.5) is 0 Å². The van der Waals surface area contributed by atoms with E-state index in [0.717, 1.165) is 16.5 Å². The first-order valence-electron chi connectivity index (χ1n) is 4.29. The monoisotopic (exact) mass is 223 g/mol. The molecule has 2 rings (SSSR count). The fourth-order valence-electron chi connectivity index (χ4n) is 1.30. The number of halogens is 1. The Morgan fingerprint density at radius 3 is 2.73 bits per heavy atom. The number of nitrogens with one attached hydrogen (secondary N) is 1. The molecule has 78 valence electrons. The molecule has 0 unspecified atom stereocenters. The van der Waals surface area contributed by atoms with Crippen LogP contribution in [0.15, 0.2) is 35.4 Å². The van der Waals surface area contributed by atoms with Crippen LogP contribution in [0.5, 0.6) is 0 Å². The summed E-state index contributed by atoms with van der Waals surface area (Å²) in [6.45, 7) is 0. The summed E-state index contributed by atoms with van der Waals surface area (Å²) in [5.41, 5.74) is 9.94. The number of hydrazone groups is 1. The predicted octanol–water partition coefficient (Wildman–Crippen LogP) is 0.647. The molecule has 0 saturated carbocycles. The number of nitrogens with two attached hydrogens (primary N) is 2. The Morgan fingerprint density at radius 2 is 2.07 bits per heavy atom. The second kappa shape index (κ2) is 3.80. The van der Waals surface area contributed by atoms with Crippen molar-refractivity contribution in [3.8, 4) is 0 Å². The summed E-state index contributed by atoms with van der Waals surface area (Å²) in [7, 11) is 0. The molecule has 1 aliphatic heterocycles. The van der Waals surface area contributed by atoms with Crippen LogP contribution >= 0.6 is 11.6 Å². The molecule has 0 bridgehead atoms. The third-order valence-electron chi connectivity index (χ3n) is 1.91. The van der Waals surface area contributed by atoms with E-state index in [1.165, 1.54) is 0 Å². The maximum absolute atomic E-state index is 6.03. The molecule has 1 aromatic carbocycles. The quantitative estimate of drug-likeness (QED) is 0.611. The molecule has 0 saturated heterocycles. The summed E-state index contributed by atoms with van der Waals surface area (Å²) >= 11 is 6.03. The van der Waals surface area contributed by atoms with Crippen molar-refractivity contribution in [1.29, 1.82) is 0 Å². The van der Waals surface area contributed by atoms with Gasteiger partial charge >= 0.3 is 0 Å². The van der Waals surface area contributed by atoms with E-state index in [9.17, 15) is 0 Å². The van der Waals surface area contributed by atoms with Crippen LogP contribution in [0.1, 0.15) is 5.56 Å². The first kappa shape index (κ1) is 9.82. The molecule has 0 fully saturated rings. The van der Waals surface area contributed by atoms with Crippen LogP contribution in [0, 0.1) is 0 Å². The molecule has 0 radical (unpaired) electrons. The topological polar surface area (TPSA) is 79.7 Å². The molecule has 1 aliphatic rings. The van der Waals surface area contributed by atoms with Crippen LogP contribution in [-0.2, 0) is 0 Å². The standard InChI is InChI=1S/C9H10ClN5/c10-7-4-2-1-3-6(7)8-5-9(11)14-15(12)13-8/h1-5,13H,12H2,(H2,11,14). The lowest BCUT2D eigenvalue weighted by Gasteiger charge is -2.22. The van der Waals surface area contributed by atoms with Gasteiger partial charge in [-0.3, -0.25) is 5.43 Å². The van der Waals surface area contributed by atoms with E-state index in [4.69, 9.17) is 23.2 Å². The minimum Gasteiger partial charge on any atom is -0.382 e. The van der Waals surface area contributed by atoms with E-state index in [1.54, 1.807) is 12.1 Å². The molecular formula is C9H10ClN5. The summed E-state index contributed by atoms with van der Waals surface area (Å²) in [6, 6.07) is 7.40. The van der Waals surface area contributed by atoms with Gasteiger partial charge in [0.15, 0.2) is 0 Å². The molecule has 0 amide bonds. The largest absolute Gasteiger partial charge is 0.382 e. The smallest absolute Gasteiger partial charge is 0.149 e. The van der Waals surface area contributed by atoms with Gasteiger partial charge in [0.25, 0.3) is 0 Å². The molecule has 5 nitrogen and oxygen atoms in total. The Kier molecular flexibility index (Phi) is 2.49. The summed E-state index contributed by atoms with van der Waals surface area (Å²) in [6.07, 6.45) is 1.67. The second-order valence-electron chi connectivity index (χ2n) is 3.02. The van der Waals surface area contributed by atoms with Crippen molar-refractivity contribution in [3.05, 3.63) is 40.9 Å². The van der Waals surface area contributed by atoms with Crippen LogP contribution in [-0.4, -0.2) is 11.1 Å². The number of hydrogen-bond donors (Lipinski definition) is 3. The van der Waals surface area contributed by atoms with Gasteiger partial charge in [-0.15, -0.1) is 10.3 Å². The molecule has 5 N–H and O–H groups in total. The molecule has 0 atom stereocenters. The van der Waals surface area contributed by atoms with Gasteiger partial charge in [0.2, 0.25) is 0 Å². The van der Waals surface area contributed by atoms with E-state index in [1.807, 2.05) is 18.2 Å². The predicted molar refractivity (Wildman–Crippen MR) is 60.2 cm³/mol. The zero-order chi connectivity index (χ0) is 10.8. The highest BCUT2D eigenvalue weighted by atomic mass is 35.5. The van der Waals surface area contributed by atoms with E-state index in [-0.39, 0.29) is 0 Å². The molecule has 6 heteroatoms. The Balaban J connectivity index is 2.41. The van der Waals surface area contributed by atoms with Gasteiger partial charge in [-0.1, -0.05) is 29.8 Å². The Bertz CT molecular complexity index is 440. The van der Waals surface area contributed by atoms with Crippen LogP contribution < -0.4 is 17.0 Å². The van der Waals surface area contributed by atoms with Gasteiger partial charge in [-0.05, 0) is 6.07 Å². The molecule has 0 aliphatic carbocycles. The van der Waals surface area contributed by atoms with Crippen molar-refractivity contribution in [1.82, 2.24) is 10.7 Å². The zero-order valence-electron chi connectivity index (χ0n) is 7.81. The lowest BCUT2D eigenvalue weighted by Crippen LogP contribution is -2.42. The summed E-state index contributed by atoms with van der Waals surface area (Å²) < 4.78 is 0. The highest BCUT2D eigenvalue weighted by Crippen LogP contribution is 2.22. The van der Waals surface area contributed by atoms with E-state index < -0.39 is 0 Å². The third kappa shape index (κ3) is 2.03. The lowest BCUT2D eigenvalue weighted by atomic mass is 10.1. The second-order valence-corrected chi connectivity index (χ2v) is 3.43. The first-order chi connectivity index (χ1) is 7.16. The molecule has 1 aromatic rings. The summed E-state index contributed by atoms with van der Waals surface area (Å²) in [5.74, 6) is 5.80.